The predicted octanol–water partition coefficient (Wildman–Crippen LogP) is 4.24. The summed E-state index contributed by atoms with van der Waals surface area (Å²) in [6.07, 6.45) is 1.56. The van der Waals surface area contributed by atoms with Gasteiger partial charge in [-0.05, 0) is 54.6 Å². The summed E-state index contributed by atoms with van der Waals surface area (Å²) in [7, 11) is -3.89. The van der Waals surface area contributed by atoms with Crippen LogP contribution >= 0.6 is 0 Å². The van der Waals surface area contributed by atoms with Crippen molar-refractivity contribution >= 4 is 21.6 Å². The average Bonchev–Trinajstić information content (AvgIpc) is 2.79. The molecule has 2 aromatic carbocycles. The molecule has 3 aromatic rings. The largest absolute Gasteiger partial charge is 0.302 e. The van der Waals surface area contributed by atoms with Crippen LogP contribution in [-0.4, -0.2) is 36.7 Å². The Balaban J connectivity index is 2.07. The standard InChI is InChI=1S/C23H23F2N3O3S/c1-3-27(4-2)32(30,31)20-12-13-22(25)21(15-20)23(29)28(16-18-7-5-6-14-26-18)19-10-8-17(24)9-11-19/h5-15H,3-4,16H2,1-2H3. The van der Waals surface area contributed by atoms with Gasteiger partial charge in [-0.3, -0.25) is 9.78 Å². The van der Waals surface area contributed by atoms with Gasteiger partial charge in [0.25, 0.3) is 5.91 Å². The number of halogens is 2. The van der Waals surface area contributed by atoms with Crippen LogP contribution in [0.15, 0.2) is 71.8 Å². The molecular formula is C23H23F2N3O3S. The van der Waals surface area contributed by atoms with Crippen LogP contribution in [-0.2, 0) is 16.6 Å². The minimum absolute atomic E-state index is 0.0161. The lowest BCUT2D eigenvalue weighted by Gasteiger charge is -2.24. The first-order chi connectivity index (χ1) is 15.3. The lowest BCUT2D eigenvalue weighted by atomic mass is 10.1. The highest BCUT2D eigenvalue weighted by Crippen LogP contribution is 2.24. The van der Waals surface area contributed by atoms with E-state index in [1.54, 1.807) is 38.2 Å². The molecule has 0 aliphatic rings. The molecule has 0 saturated carbocycles. The summed E-state index contributed by atoms with van der Waals surface area (Å²) in [5.41, 5.74) is 0.439. The number of aromatic nitrogens is 1. The molecule has 0 unspecified atom stereocenters. The molecule has 32 heavy (non-hydrogen) atoms. The van der Waals surface area contributed by atoms with Crippen LogP contribution in [0.25, 0.3) is 0 Å². The fourth-order valence-corrected chi connectivity index (χ4v) is 4.73. The summed E-state index contributed by atoms with van der Waals surface area (Å²) in [4.78, 5) is 18.6. The molecular weight excluding hydrogens is 436 g/mol. The quantitative estimate of drug-likeness (QED) is 0.505. The van der Waals surface area contributed by atoms with Crippen molar-refractivity contribution in [2.45, 2.75) is 25.3 Å². The zero-order chi connectivity index (χ0) is 23.3. The van der Waals surface area contributed by atoms with Gasteiger partial charge in [0.1, 0.15) is 11.6 Å². The third-order valence-corrected chi connectivity index (χ3v) is 6.99. The van der Waals surface area contributed by atoms with Crippen molar-refractivity contribution in [2.75, 3.05) is 18.0 Å². The van der Waals surface area contributed by atoms with E-state index < -0.39 is 33.1 Å². The zero-order valence-electron chi connectivity index (χ0n) is 17.7. The number of anilines is 1. The van der Waals surface area contributed by atoms with Crippen molar-refractivity contribution in [1.29, 1.82) is 0 Å². The van der Waals surface area contributed by atoms with E-state index in [1.807, 2.05) is 0 Å². The highest BCUT2D eigenvalue weighted by atomic mass is 32.2. The summed E-state index contributed by atoms with van der Waals surface area (Å²) in [5.74, 6) is -2.12. The molecule has 0 saturated heterocycles. The van der Waals surface area contributed by atoms with E-state index >= 15 is 0 Å². The number of carbonyl (C=O) groups is 1. The van der Waals surface area contributed by atoms with E-state index in [2.05, 4.69) is 4.98 Å². The fourth-order valence-electron chi connectivity index (χ4n) is 3.24. The van der Waals surface area contributed by atoms with Gasteiger partial charge in [0.05, 0.1) is 22.7 Å². The number of carbonyl (C=O) groups excluding carboxylic acids is 1. The molecule has 0 spiro atoms. The molecule has 1 amide bonds. The van der Waals surface area contributed by atoms with Gasteiger partial charge >= 0.3 is 0 Å². The number of hydrogen-bond acceptors (Lipinski definition) is 4. The molecule has 9 heteroatoms. The van der Waals surface area contributed by atoms with Crippen molar-refractivity contribution in [3.63, 3.8) is 0 Å². The zero-order valence-corrected chi connectivity index (χ0v) is 18.5. The Morgan fingerprint density at radius 1 is 0.969 bits per heavy atom. The first-order valence-electron chi connectivity index (χ1n) is 10.0. The van der Waals surface area contributed by atoms with Crippen LogP contribution in [0.3, 0.4) is 0 Å². The molecule has 0 aliphatic heterocycles. The Labute approximate surface area is 186 Å². The monoisotopic (exact) mass is 459 g/mol. The third kappa shape index (κ3) is 5.00. The smallest absolute Gasteiger partial charge is 0.261 e. The summed E-state index contributed by atoms with van der Waals surface area (Å²) in [6, 6.07) is 13.5. The first kappa shape index (κ1) is 23.5. The fraction of sp³-hybridized carbons (Fsp3) is 0.217. The molecule has 0 N–H and O–H groups in total. The van der Waals surface area contributed by atoms with E-state index in [1.165, 1.54) is 33.5 Å². The van der Waals surface area contributed by atoms with Crippen LogP contribution < -0.4 is 4.90 Å². The molecule has 1 aromatic heterocycles. The average molecular weight is 460 g/mol. The van der Waals surface area contributed by atoms with E-state index in [9.17, 15) is 22.0 Å². The van der Waals surface area contributed by atoms with Crippen molar-refractivity contribution in [3.8, 4) is 0 Å². The lowest BCUT2D eigenvalue weighted by molar-refractivity contribution is 0.0980. The Morgan fingerprint density at radius 3 is 2.25 bits per heavy atom. The summed E-state index contributed by atoms with van der Waals surface area (Å²) < 4.78 is 55.1. The molecule has 0 bridgehead atoms. The van der Waals surface area contributed by atoms with Crippen LogP contribution in [0, 0.1) is 11.6 Å². The van der Waals surface area contributed by atoms with Crippen LogP contribution in [0.5, 0.6) is 0 Å². The van der Waals surface area contributed by atoms with Crippen LogP contribution in [0.2, 0.25) is 0 Å². The summed E-state index contributed by atoms with van der Waals surface area (Å²) >= 11 is 0. The maximum absolute atomic E-state index is 14.7. The van der Waals surface area contributed by atoms with Gasteiger partial charge in [-0.1, -0.05) is 19.9 Å². The Hall–Kier alpha value is -3.17. The van der Waals surface area contributed by atoms with Gasteiger partial charge in [0, 0.05) is 25.0 Å². The molecule has 6 nitrogen and oxygen atoms in total. The lowest BCUT2D eigenvalue weighted by Crippen LogP contribution is -2.33. The van der Waals surface area contributed by atoms with Crippen molar-refractivity contribution < 1.29 is 22.0 Å². The van der Waals surface area contributed by atoms with Crippen molar-refractivity contribution in [1.82, 2.24) is 9.29 Å². The maximum Gasteiger partial charge on any atom is 0.261 e. The number of benzene rings is 2. The number of nitrogens with zero attached hydrogens (tertiary/aromatic N) is 3. The molecule has 3 rings (SSSR count). The van der Waals surface area contributed by atoms with Crippen LogP contribution in [0.1, 0.15) is 29.9 Å². The number of amides is 1. The van der Waals surface area contributed by atoms with E-state index in [0.717, 1.165) is 18.2 Å². The van der Waals surface area contributed by atoms with Gasteiger partial charge in [-0.2, -0.15) is 4.31 Å². The van der Waals surface area contributed by atoms with E-state index in [-0.39, 0.29) is 24.5 Å². The second-order valence-electron chi connectivity index (χ2n) is 6.92. The molecule has 0 atom stereocenters. The van der Waals surface area contributed by atoms with Gasteiger partial charge in [-0.15, -0.1) is 0 Å². The normalized spacial score (nSPS) is 11.5. The molecule has 0 aliphatic carbocycles. The summed E-state index contributed by atoms with van der Waals surface area (Å²) in [5, 5.41) is 0. The third-order valence-electron chi connectivity index (χ3n) is 4.94. The number of rotatable bonds is 8. The van der Waals surface area contributed by atoms with Gasteiger partial charge < -0.3 is 4.90 Å². The second-order valence-corrected chi connectivity index (χ2v) is 8.86. The first-order valence-corrected chi connectivity index (χ1v) is 11.5. The number of pyridine rings is 1. The number of hydrogen-bond donors (Lipinski definition) is 0. The summed E-state index contributed by atoms with van der Waals surface area (Å²) in [6.45, 7) is 3.85. The maximum atomic E-state index is 14.7. The molecule has 0 fully saturated rings. The second kappa shape index (κ2) is 9.97. The molecule has 1 heterocycles. The number of sulfonamides is 1. The molecule has 0 radical (unpaired) electrons. The van der Waals surface area contributed by atoms with Gasteiger partial charge in [0.2, 0.25) is 10.0 Å². The van der Waals surface area contributed by atoms with E-state index in [4.69, 9.17) is 0 Å². The predicted molar refractivity (Wildman–Crippen MR) is 118 cm³/mol. The Kier molecular flexibility index (Phi) is 7.32. The SMILES string of the molecule is CCN(CC)S(=O)(=O)c1ccc(F)c(C(=O)N(Cc2ccccn2)c2ccc(F)cc2)c1. The Bertz CT molecular complexity index is 1180. The van der Waals surface area contributed by atoms with E-state index in [0.29, 0.717) is 11.4 Å². The van der Waals surface area contributed by atoms with Gasteiger partial charge in [-0.25, -0.2) is 17.2 Å². The van der Waals surface area contributed by atoms with Gasteiger partial charge in [0.15, 0.2) is 0 Å². The topological polar surface area (TPSA) is 70.6 Å². The highest BCUT2D eigenvalue weighted by molar-refractivity contribution is 7.89. The highest BCUT2D eigenvalue weighted by Gasteiger charge is 2.27. The molecule has 168 valence electrons. The minimum Gasteiger partial charge on any atom is -0.302 e. The van der Waals surface area contributed by atoms with Crippen molar-refractivity contribution in [2.24, 2.45) is 0 Å². The van der Waals surface area contributed by atoms with Crippen LogP contribution in [0.4, 0.5) is 14.5 Å². The Morgan fingerprint density at radius 2 is 1.66 bits per heavy atom. The van der Waals surface area contributed by atoms with Crippen molar-refractivity contribution in [3.05, 3.63) is 89.8 Å². The minimum atomic E-state index is -3.89.